The van der Waals surface area contributed by atoms with E-state index in [1.807, 2.05) is 18.2 Å². The van der Waals surface area contributed by atoms with Crippen molar-refractivity contribution < 1.29 is 10.2 Å². The quantitative estimate of drug-likeness (QED) is 0.651. The van der Waals surface area contributed by atoms with Crippen LogP contribution in [0, 0.1) is 5.41 Å². The van der Waals surface area contributed by atoms with Gasteiger partial charge in [-0.25, -0.2) is 0 Å². The summed E-state index contributed by atoms with van der Waals surface area (Å²) in [7, 11) is 0. The third-order valence-corrected chi connectivity index (χ3v) is 6.65. The Kier molecular flexibility index (Phi) is 5.48. The van der Waals surface area contributed by atoms with Crippen LogP contribution in [0.4, 0.5) is 11.4 Å². The van der Waals surface area contributed by atoms with Gasteiger partial charge in [-0.15, -0.1) is 11.8 Å². The Morgan fingerprint density at radius 2 is 1.80 bits per heavy atom. The number of hydrogen-bond donors (Lipinski definition) is 2. The summed E-state index contributed by atoms with van der Waals surface area (Å²) in [5.41, 5.74) is 2.34. The molecule has 1 heterocycles. The predicted octanol–water partition coefficient (Wildman–Crippen LogP) is 5.93. The minimum atomic E-state index is -0.0576. The first-order valence-electron chi connectivity index (χ1n) is 9.10. The molecule has 2 aromatic carbocycles. The molecular formula is C21H27NO2S. The highest BCUT2D eigenvalue weighted by Crippen LogP contribution is 2.49. The monoisotopic (exact) mass is 357 g/mol. The Morgan fingerprint density at radius 1 is 1.08 bits per heavy atom. The van der Waals surface area contributed by atoms with Crippen molar-refractivity contribution in [3.05, 3.63) is 42.5 Å². The number of para-hydroxylation sites is 1. The summed E-state index contributed by atoms with van der Waals surface area (Å²) in [6.07, 6.45) is 4.74. The fourth-order valence-corrected chi connectivity index (χ4v) is 4.92. The van der Waals surface area contributed by atoms with Crippen molar-refractivity contribution in [2.75, 3.05) is 17.2 Å². The number of phenolic OH excluding ortho intramolecular Hbond substituents is 2. The van der Waals surface area contributed by atoms with E-state index in [1.54, 1.807) is 23.9 Å². The van der Waals surface area contributed by atoms with Gasteiger partial charge in [-0.05, 0) is 36.5 Å². The Bertz CT molecular complexity index is 719. The summed E-state index contributed by atoms with van der Waals surface area (Å²) in [4.78, 5) is 3.35. The number of unbranched alkanes of at least 4 members (excludes halogenated alkanes) is 1. The number of phenols is 2. The molecule has 25 heavy (non-hydrogen) atoms. The van der Waals surface area contributed by atoms with Crippen molar-refractivity contribution in [2.45, 2.75) is 44.4 Å². The lowest BCUT2D eigenvalue weighted by Crippen LogP contribution is -2.35. The molecule has 3 nitrogen and oxygen atoms in total. The van der Waals surface area contributed by atoms with Gasteiger partial charge in [-0.3, -0.25) is 0 Å². The molecule has 0 saturated heterocycles. The lowest BCUT2D eigenvalue weighted by atomic mass is 9.81. The van der Waals surface area contributed by atoms with Gasteiger partial charge in [0.2, 0.25) is 0 Å². The molecule has 0 aromatic heterocycles. The molecule has 1 atom stereocenters. The molecule has 0 spiro atoms. The van der Waals surface area contributed by atoms with E-state index >= 15 is 0 Å². The lowest BCUT2D eigenvalue weighted by Gasteiger charge is -2.36. The minimum Gasteiger partial charge on any atom is -0.504 e. The fourth-order valence-electron chi connectivity index (χ4n) is 3.50. The number of rotatable bonds is 5. The SMILES string of the molecule is CCCCC1(CC)CSc2cc(O)c(O)cc2N(c2ccccc2)C1. The van der Waals surface area contributed by atoms with Gasteiger partial charge >= 0.3 is 0 Å². The van der Waals surface area contributed by atoms with Crippen LogP contribution in [0.1, 0.15) is 39.5 Å². The highest BCUT2D eigenvalue weighted by Gasteiger charge is 2.35. The van der Waals surface area contributed by atoms with E-state index in [-0.39, 0.29) is 16.9 Å². The van der Waals surface area contributed by atoms with Crippen molar-refractivity contribution in [1.29, 1.82) is 0 Å². The molecule has 4 heteroatoms. The van der Waals surface area contributed by atoms with Crippen LogP contribution in [0.5, 0.6) is 11.5 Å². The summed E-state index contributed by atoms with van der Waals surface area (Å²) in [6.45, 7) is 5.45. The normalized spacial score (nSPS) is 20.2. The Morgan fingerprint density at radius 3 is 2.48 bits per heavy atom. The third kappa shape index (κ3) is 3.74. The number of anilines is 2. The van der Waals surface area contributed by atoms with Gasteiger partial charge in [0.15, 0.2) is 11.5 Å². The standard InChI is InChI=1S/C21H27NO2S/c1-3-5-11-21(4-2)14-22(16-9-7-6-8-10-16)17-12-18(23)19(24)13-20(17)25-15-21/h6-10,12-13,23-24H,3-5,11,14-15H2,1-2H3. The number of thioether (sulfide) groups is 1. The molecule has 0 saturated carbocycles. The lowest BCUT2D eigenvalue weighted by molar-refractivity contribution is 0.295. The second kappa shape index (κ2) is 7.61. The van der Waals surface area contributed by atoms with Gasteiger partial charge < -0.3 is 15.1 Å². The van der Waals surface area contributed by atoms with Crippen LogP contribution >= 0.6 is 11.8 Å². The fraction of sp³-hybridized carbons (Fsp3) is 0.429. The number of benzene rings is 2. The first-order valence-corrected chi connectivity index (χ1v) is 10.1. The molecule has 0 amide bonds. The number of aromatic hydroxyl groups is 2. The summed E-state index contributed by atoms with van der Waals surface area (Å²) >= 11 is 1.80. The summed E-state index contributed by atoms with van der Waals surface area (Å²) < 4.78 is 0. The van der Waals surface area contributed by atoms with E-state index in [2.05, 4.69) is 30.9 Å². The van der Waals surface area contributed by atoms with E-state index < -0.39 is 0 Å². The highest BCUT2D eigenvalue weighted by atomic mass is 32.2. The third-order valence-electron chi connectivity index (χ3n) is 5.25. The van der Waals surface area contributed by atoms with E-state index in [1.165, 1.54) is 19.3 Å². The van der Waals surface area contributed by atoms with Gasteiger partial charge in [0, 0.05) is 28.9 Å². The molecule has 2 N–H and O–H groups in total. The van der Waals surface area contributed by atoms with Crippen LogP contribution in [0.3, 0.4) is 0 Å². The summed E-state index contributed by atoms with van der Waals surface area (Å²) in [6, 6.07) is 13.8. The van der Waals surface area contributed by atoms with Crippen molar-refractivity contribution in [3.8, 4) is 11.5 Å². The van der Waals surface area contributed by atoms with E-state index in [9.17, 15) is 10.2 Å². The molecule has 0 bridgehead atoms. The minimum absolute atomic E-state index is 0.0446. The molecular weight excluding hydrogens is 330 g/mol. The first kappa shape index (κ1) is 18.0. The largest absolute Gasteiger partial charge is 0.504 e. The Balaban J connectivity index is 2.08. The zero-order valence-corrected chi connectivity index (χ0v) is 15.9. The Hall–Kier alpha value is -1.81. The molecule has 0 radical (unpaired) electrons. The van der Waals surface area contributed by atoms with Crippen molar-refractivity contribution in [3.63, 3.8) is 0 Å². The molecule has 134 valence electrons. The van der Waals surface area contributed by atoms with Crippen molar-refractivity contribution in [1.82, 2.24) is 0 Å². The maximum Gasteiger partial charge on any atom is 0.159 e. The summed E-state index contributed by atoms with van der Waals surface area (Å²) in [5.74, 6) is 0.930. The van der Waals surface area contributed by atoms with Crippen LogP contribution < -0.4 is 4.90 Å². The van der Waals surface area contributed by atoms with Gasteiger partial charge in [0.25, 0.3) is 0 Å². The topological polar surface area (TPSA) is 43.7 Å². The van der Waals surface area contributed by atoms with Crippen molar-refractivity contribution in [2.24, 2.45) is 5.41 Å². The molecule has 0 fully saturated rings. The van der Waals surface area contributed by atoms with E-state index in [0.717, 1.165) is 35.0 Å². The molecule has 1 aliphatic rings. The molecule has 2 aromatic rings. The molecule has 1 aliphatic heterocycles. The van der Waals surface area contributed by atoms with Crippen LogP contribution in [0.25, 0.3) is 0 Å². The van der Waals surface area contributed by atoms with Crippen LogP contribution in [-0.4, -0.2) is 22.5 Å². The highest BCUT2D eigenvalue weighted by molar-refractivity contribution is 7.99. The Labute approximate surface area is 154 Å². The van der Waals surface area contributed by atoms with E-state index in [4.69, 9.17) is 0 Å². The van der Waals surface area contributed by atoms with Crippen LogP contribution in [0.2, 0.25) is 0 Å². The smallest absolute Gasteiger partial charge is 0.159 e. The number of hydrogen-bond acceptors (Lipinski definition) is 4. The van der Waals surface area contributed by atoms with Gasteiger partial charge in [-0.2, -0.15) is 0 Å². The van der Waals surface area contributed by atoms with Crippen molar-refractivity contribution >= 4 is 23.1 Å². The van der Waals surface area contributed by atoms with E-state index in [0.29, 0.717) is 0 Å². The zero-order chi connectivity index (χ0) is 17.9. The van der Waals surface area contributed by atoms with Gasteiger partial charge in [0.05, 0.1) is 5.69 Å². The summed E-state index contributed by atoms with van der Waals surface area (Å²) in [5, 5.41) is 20.0. The van der Waals surface area contributed by atoms with Gasteiger partial charge in [0.1, 0.15) is 0 Å². The van der Waals surface area contributed by atoms with Crippen LogP contribution in [0.15, 0.2) is 47.4 Å². The maximum absolute atomic E-state index is 10.1. The predicted molar refractivity (Wildman–Crippen MR) is 106 cm³/mol. The second-order valence-corrected chi connectivity index (χ2v) is 7.99. The average molecular weight is 358 g/mol. The molecule has 0 aliphatic carbocycles. The molecule has 3 rings (SSSR count). The van der Waals surface area contributed by atoms with Gasteiger partial charge in [-0.1, -0.05) is 44.9 Å². The maximum atomic E-state index is 10.1. The number of nitrogens with zero attached hydrogens (tertiary/aromatic N) is 1. The average Bonchev–Trinajstić information content (AvgIpc) is 2.79. The first-order chi connectivity index (χ1) is 12.1. The molecule has 1 unspecified atom stereocenters. The number of fused-ring (bicyclic) bond motifs is 1. The second-order valence-electron chi connectivity index (χ2n) is 6.98. The van der Waals surface area contributed by atoms with Crippen LogP contribution in [-0.2, 0) is 0 Å². The zero-order valence-electron chi connectivity index (χ0n) is 15.0.